The number of nitrogens with zero attached hydrogens (tertiary/aromatic N) is 3. The summed E-state index contributed by atoms with van der Waals surface area (Å²) in [6.07, 6.45) is -2.76. The summed E-state index contributed by atoms with van der Waals surface area (Å²) < 4.78 is 66.0. The van der Waals surface area contributed by atoms with E-state index in [1.807, 2.05) is 11.0 Å². The van der Waals surface area contributed by atoms with Crippen molar-refractivity contribution >= 4 is 38.4 Å². The summed E-state index contributed by atoms with van der Waals surface area (Å²) in [6.45, 7) is 1.98. The van der Waals surface area contributed by atoms with Crippen molar-refractivity contribution in [3.8, 4) is 17.8 Å². The maximum atomic E-state index is 15.2. The van der Waals surface area contributed by atoms with Crippen LogP contribution in [0.2, 0.25) is 5.02 Å². The SMILES string of the molecule is CC(Oc1c(Cl)c(Br)c(F)c2nc(OC[C@@]34CCCN3C[C@H](F)C4)[nH]c(=O)c12)C(CC#N)NCC(F)F. The lowest BCUT2D eigenvalue weighted by atomic mass is 9.95. The largest absolute Gasteiger partial charge is 0.487 e. The minimum Gasteiger partial charge on any atom is -0.487 e. The monoisotopic (exact) mass is 609 g/mol. The number of hydrogen-bond donors (Lipinski definition) is 2. The lowest BCUT2D eigenvalue weighted by molar-refractivity contribution is 0.107. The van der Waals surface area contributed by atoms with Crippen molar-refractivity contribution in [1.29, 1.82) is 5.26 Å². The van der Waals surface area contributed by atoms with Gasteiger partial charge in [0, 0.05) is 13.0 Å². The Kier molecular flexibility index (Phi) is 8.52. The van der Waals surface area contributed by atoms with Gasteiger partial charge in [-0.05, 0) is 42.2 Å². The number of aromatic nitrogens is 2. The van der Waals surface area contributed by atoms with Crippen molar-refractivity contribution in [2.45, 2.75) is 62.9 Å². The third kappa shape index (κ3) is 5.67. The van der Waals surface area contributed by atoms with Gasteiger partial charge in [0.2, 0.25) is 0 Å². The summed E-state index contributed by atoms with van der Waals surface area (Å²) >= 11 is 9.34. The normalized spacial score (nSPS) is 23.3. The molecular formula is C23H25BrClF4N5O3. The van der Waals surface area contributed by atoms with Gasteiger partial charge in [-0.2, -0.15) is 10.2 Å². The Hall–Kier alpha value is -2.14. The molecule has 2 aromatic rings. The third-order valence-electron chi connectivity index (χ3n) is 6.87. The molecule has 2 unspecified atom stereocenters. The zero-order valence-electron chi connectivity index (χ0n) is 19.8. The number of halogens is 6. The van der Waals surface area contributed by atoms with E-state index in [0.717, 1.165) is 19.4 Å². The van der Waals surface area contributed by atoms with E-state index in [1.54, 1.807) is 0 Å². The Balaban J connectivity index is 1.65. The molecule has 1 aromatic carbocycles. The lowest BCUT2D eigenvalue weighted by Gasteiger charge is -2.30. The molecular weight excluding hydrogens is 586 g/mol. The number of aromatic amines is 1. The van der Waals surface area contributed by atoms with Crippen LogP contribution in [0, 0.1) is 17.1 Å². The molecule has 2 aliphatic heterocycles. The summed E-state index contributed by atoms with van der Waals surface area (Å²) in [6, 6.07) is 0.819. The highest BCUT2D eigenvalue weighted by Gasteiger charge is 2.49. The molecule has 3 heterocycles. The van der Waals surface area contributed by atoms with Gasteiger partial charge in [0.1, 0.15) is 34.8 Å². The number of rotatable bonds is 10. The number of H-pyrrole nitrogens is 1. The number of nitrogens with one attached hydrogen (secondary N) is 2. The van der Waals surface area contributed by atoms with Gasteiger partial charge in [-0.1, -0.05) is 11.6 Å². The average molecular weight is 611 g/mol. The number of hydrogen-bond acceptors (Lipinski definition) is 7. The summed E-state index contributed by atoms with van der Waals surface area (Å²) in [7, 11) is 0. The first kappa shape index (κ1) is 27.9. The molecule has 4 rings (SSSR count). The fourth-order valence-electron chi connectivity index (χ4n) is 5.07. The highest BCUT2D eigenvalue weighted by molar-refractivity contribution is 9.10. The van der Waals surface area contributed by atoms with Gasteiger partial charge in [-0.3, -0.25) is 14.7 Å². The van der Waals surface area contributed by atoms with Gasteiger partial charge in [0.25, 0.3) is 18.0 Å². The first-order chi connectivity index (χ1) is 17.6. The van der Waals surface area contributed by atoms with Crippen LogP contribution in [0.25, 0.3) is 10.9 Å². The van der Waals surface area contributed by atoms with Crippen LogP contribution in [0.5, 0.6) is 11.8 Å². The van der Waals surface area contributed by atoms with E-state index >= 15 is 4.39 Å². The number of ether oxygens (including phenoxy) is 2. The number of alkyl halides is 3. The number of benzene rings is 1. The zero-order chi connectivity index (χ0) is 26.9. The topological polar surface area (TPSA) is 103 Å². The average Bonchev–Trinajstić information content (AvgIpc) is 3.37. The molecule has 0 aliphatic carbocycles. The van der Waals surface area contributed by atoms with E-state index in [-0.39, 0.29) is 45.2 Å². The minimum atomic E-state index is -2.65. The molecule has 2 saturated heterocycles. The van der Waals surface area contributed by atoms with Gasteiger partial charge in [-0.15, -0.1) is 0 Å². The van der Waals surface area contributed by atoms with Crippen LogP contribution in [0.3, 0.4) is 0 Å². The molecule has 202 valence electrons. The lowest BCUT2D eigenvalue weighted by Crippen LogP contribution is -2.43. The van der Waals surface area contributed by atoms with E-state index in [9.17, 15) is 18.0 Å². The Bertz CT molecular complexity index is 1260. The van der Waals surface area contributed by atoms with Crippen molar-refractivity contribution in [1.82, 2.24) is 20.2 Å². The van der Waals surface area contributed by atoms with Crippen LogP contribution in [-0.4, -0.2) is 71.4 Å². The van der Waals surface area contributed by atoms with Crippen molar-refractivity contribution in [2.24, 2.45) is 0 Å². The molecule has 2 fully saturated rings. The van der Waals surface area contributed by atoms with Gasteiger partial charge >= 0.3 is 0 Å². The Labute approximate surface area is 223 Å². The molecule has 0 radical (unpaired) electrons. The van der Waals surface area contributed by atoms with Crippen LogP contribution < -0.4 is 20.3 Å². The Morgan fingerprint density at radius 1 is 1.46 bits per heavy atom. The fraction of sp³-hybridized carbons (Fsp3) is 0.609. The predicted molar refractivity (Wildman–Crippen MR) is 132 cm³/mol. The van der Waals surface area contributed by atoms with Crippen molar-refractivity contribution in [3.63, 3.8) is 0 Å². The molecule has 0 bridgehead atoms. The fourth-order valence-corrected chi connectivity index (χ4v) is 5.66. The predicted octanol–water partition coefficient (Wildman–Crippen LogP) is 4.34. The molecule has 8 nitrogen and oxygen atoms in total. The standard InChI is InChI=1S/C23H25BrClF4N5O3/c1-11(13(3-5-30)31-8-14(27)28)37-20-15-19(18(29)16(24)17(20)25)32-22(33-21(15)35)36-10-23-4-2-6-34(23)9-12(26)7-23/h11-14,31H,2-4,6-10H2,1H3,(H,32,33,35)/t11?,12-,13?,23+/m1/s1. The van der Waals surface area contributed by atoms with E-state index in [0.29, 0.717) is 13.0 Å². The second-order valence-corrected chi connectivity index (χ2v) is 10.5. The van der Waals surface area contributed by atoms with Crippen LogP contribution >= 0.6 is 27.5 Å². The first-order valence-corrected chi connectivity index (χ1v) is 12.9. The van der Waals surface area contributed by atoms with E-state index in [2.05, 4.69) is 31.2 Å². The summed E-state index contributed by atoms with van der Waals surface area (Å²) in [4.78, 5) is 21.7. The van der Waals surface area contributed by atoms with Crippen LogP contribution in [-0.2, 0) is 0 Å². The third-order valence-corrected chi connectivity index (χ3v) is 8.21. The first-order valence-electron chi connectivity index (χ1n) is 11.7. The highest BCUT2D eigenvalue weighted by atomic mass is 79.9. The second kappa shape index (κ2) is 11.3. The van der Waals surface area contributed by atoms with E-state index < -0.39 is 48.2 Å². The summed E-state index contributed by atoms with van der Waals surface area (Å²) in [5, 5.41) is 11.1. The van der Waals surface area contributed by atoms with Crippen molar-refractivity contribution < 1.29 is 27.0 Å². The van der Waals surface area contributed by atoms with E-state index in [1.165, 1.54) is 6.92 Å². The molecule has 1 aromatic heterocycles. The van der Waals surface area contributed by atoms with Gasteiger partial charge in [0.05, 0.1) is 35.1 Å². The van der Waals surface area contributed by atoms with Crippen molar-refractivity contribution in [2.75, 3.05) is 26.2 Å². The zero-order valence-corrected chi connectivity index (χ0v) is 22.1. The van der Waals surface area contributed by atoms with Crippen LogP contribution in [0.15, 0.2) is 9.27 Å². The number of nitriles is 1. The van der Waals surface area contributed by atoms with Gasteiger partial charge in [-0.25, -0.2) is 17.6 Å². The molecule has 2 N–H and O–H groups in total. The van der Waals surface area contributed by atoms with Gasteiger partial charge in [0.15, 0.2) is 11.6 Å². The quantitative estimate of drug-likeness (QED) is 0.305. The Morgan fingerprint density at radius 3 is 2.92 bits per heavy atom. The maximum absolute atomic E-state index is 15.2. The van der Waals surface area contributed by atoms with Gasteiger partial charge < -0.3 is 14.8 Å². The smallest absolute Gasteiger partial charge is 0.297 e. The molecule has 2 aliphatic rings. The molecule has 14 heteroatoms. The Morgan fingerprint density at radius 2 is 2.22 bits per heavy atom. The number of fused-ring (bicyclic) bond motifs is 2. The van der Waals surface area contributed by atoms with E-state index in [4.69, 9.17) is 26.3 Å². The molecule has 37 heavy (non-hydrogen) atoms. The van der Waals surface area contributed by atoms with Crippen LogP contribution in [0.1, 0.15) is 32.6 Å². The minimum absolute atomic E-state index is 0.0737. The van der Waals surface area contributed by atoms with Crippen molar-refractivity contribution in [3.05, 3.63) is 25.7 Å². The molecule has 0 amide bonds. The highest BCUT2D eigenvalue weighted by Crippen LogP contribution is 2.42. The summed E-state index contributed by atoms with van der Waals surface area (Å²) in [5.41, 5.74) is -1.69. The molecule has 4 atom stereocenters. The summed E-state index contributed by atoms with van der Waals surface area (Å²) in [5.74, 6) is -1.15. The second-order valence-electron chi connectivity index (χ2n) is 9.32. The molecule has 0 spiro atoms. The molecule has 0 saturated carbocycles. The maximum Gasteiger partial charge on any atom is 0.297 e. The van der Waals surface area contributed by atoms with Crippen LogP contribution in [0.4, 0.5) is 17.6 Å².